The monoisotopic (exact) mass is 319 g/mol. The van der Waals surface area contributed by atoms with Crippen molar-refractivity contribution in [2.75, 3.05) is 59.4 Å². The fourth-order valence-electron chi connectivity index (χ4n) is 1.26. The third kappa shape index (κ3) is 17.0. The molecule has 1 amide bonds. The molecule has 0 saturated heterocycles. The average Bonchev–Trinajstić information content (AvgIpc) is 2.52. The molecule has 0 aliphatic rings. The van der Waals surface area contributed by atoms with Crippen LogP contribution in [0.1, 0.15) is 6.42 Å². The Morgan fingerprint density at radius 2 is 1.41 bits per heavy atom. The zero-order chi connectivity index (χ0) is 16.3. The first-order chi connectivity index (χ1) is 10.8. The molecule has 0 unspecified atom stereocenters. The second-order valence-electron chi connectivity index (χ2n) is 4.08. The number of hydrogen-bond acceptors (Lipinski definition) is 8. The van der Waals surface area contributed by atoms with Crippen molar-refractivity contribution in [3.63, 3.8) is 0 Å². The van der Waals surface area contributed by atoms with Gasteiger partial charge in [-0.1, -0.05) is 0 Å². The van der Waals surface area contributed by atoms with Crippen LogP contribution in [0.4, 0.5) is 0 Å². The van der Waals surface area contributed by atoms with Gasteiger partial charge in [-0.15, -0.1) is 0 Å². The van der Waals surface area contributed by atoms with Crippen LogP contribution < -0.4 is 16.5 Å². The largest absolute Gasteiger partial charge is 0.379 e. The molecule has 0 rings (SSSR count). The van der Waals surface area contributed by atoms with Crippen LogP contribution in [0, 0.1) is 0 Å². The van der Waals surface area contributed by atoms with Gasteiger partial charge in [-0.2, -0.15) is 0 Å². The summed E-state index contributed by atoms with van der Waals surface area (Å²) >= 11 is 0. The van der Waals surface area contributed by atoms with E-state index in [0.717, 1.165) is 0 Å². The number of nitrogens with two attached hydrogens (primary N) is 1. The highest BCUT2D eigenvalue weighted by atomic mass is 16.6. The number of carbonyl (C=O) groups is 2. The van der Waals surface area contributed by atoms with E-state index in [9.17, 15) is 9.59 Å². The SMILES string of the molecule is NCCOCCOCCOCCOCCC(=O)NNBC=O. The molecule has 0 heterocycles. The summed E-state index contributed by atoms with van der Waals surface area (Å²) in [5.74, 6) is -0.229. The Kier molecular flexibility index (Phi) is 17.2. The van der Waals surface area contributed by atoms with Crippen molar-refractivity contribution in [2.45, 2.75) is 6.42 Å². The number of amides is 1. The Balaban J connectivity index is 3.08. The number of hydrogen-bond donors (Lipinski definition) is 3. The molecule has 128 valence electrons. The van der Waals surface area contributed by atoms with Gasteiger partial charge in [0.15, 0.2) is 0 Å². The number of rotatable bonds is 17. The quantitative estimate of drug-likeness (QED) is 0.117. The first-order valence-electron chi connectivity index (χ1n) is 7.27. The van der Waals surface area contributed by atoms with Crippen LogP contribution in [0.25, 0.3) is 0 Å². The van der Waals surface area contributed by atoms with Crippen LogP contribution in [0.5, 0.6) is 0 Å². The summed E-state index contributed by atoms with van der Waals surface area (Å²) in [5, 5.41) is 2.45. The number of nitrogens with one attached hydrogen (secondary N) is 2. The lowest BCUT2D eigenvalue weighted by Gasteiger charge is -2.07. The Hall–Kier alpha value is -1.04. The summed E-state index contributed by atoms with van der Waals surface area (Å²) in [4.78, 5) is 21.2. The molecule has 0 atom stereocenters. The van der Waals surface area contributed by atoms with Crippen molar-refractivity contribution < 1.29 is 28.5 Å². The van der Waals surface area contributed by atoms with Crippen LogP contribution in [0.15, 0.2) is 0 Å². The second-order valence-corrected chi connectivity index (χ2v) is 4.08. The minimum Gasteiger partial charge on any atom is -0.379 e. The molecule has 0 fully saturated rings. The van der Waals surface area contributed by atoms with Gasteiger partial charge in [0.2, 0.25) is 5.91 Å². The molecule has 9 nitrogen and oxygen atoms in total. The Labute approximate surface area is 131 Å². The van der Waals surface area contributed by atoms with Crippen molar-refractivity contribution in [1.82, 2.24) is 10.8 Å². The highest BCUT2D eigenvalue weighted by Gasteiger charge is 2.00. The summed E-state index contributed by atoms with van der Waals surface area (Å²) in [6.45, 7) is 4.24. The number of hydrazine groups is 1. The van der Waals surface area contributed by atoms with Crippen molar-refractivity contribution in [3.05, 3.63) is 0 Å². The van der Waals surface area contributed by atoms with E-state index in [0.29, 0.717) is 65.6 Å². The number of carbonyl (C=O) groups excluding carboxylic acids is 2. The maximum atomic E-state index is 11.2. The standard InChI is InChI=1S/C12H26BN3O6/c14-2-4-20-6-8-22-10-9-21-7-5-19-3-1-12(18)15-16-13-11-17/h11,13,16H,1-10,14H2,(H,15,18). The fraction of sp³-hybridized carbons (Fsp3) is 0.833. The normalized spacial score (nSPS) is 10.4. The molecule has 0 bridgehead atoms. The van der Waals surface area contributed by atoms with Crippen molar-refractivity contribution >= 4 is 19.5 Å². The fourth-order valence-corrected chi connectivity index (χ4v) is 1.26. The van der Waals surface area contributed by atoms with E-state index >= 15 is 0 Å². The van der Waals surface area contributed by atoms with Gasteiger partial charge in [-0.3, -0.25) is 10.1 Å². The van der Waals surface area contributed by atoms with Gasteiger partial charge in [0.25, 0.3) is 7.41 Å². The maximum absolute atomic E-state index is 11.2. The van der Waals surface area contributed by atoms with E-state index in [1.807, 2.05) is 0 Å². The highest BCUT2D eigenvalue weighted by molar-refractivity contribution is 6.64. The lowest BCUT2D eigenvalue weighted by atomic mass is 10.0. The van der Waals surface area contributed by atoms with E-state index in [1.54, 1.807) is 0 Å². The van der Waals surface area contributed by atoms with Gasteiger partial charge in [-0.05, 0) is 0 Å². The summed E-state index contributed by atoms with van der Waals surface area (Å²) in [5.41, 5.74) is 7.63. The topological polar surface area (TPSA) is 121 Å². The van der Waals surface area contributed by atoms with Crippen LogP contribution in [-0.4, -0.2) is 78.9 Å². The molecule has 4 N–H and O–H groups in total. The average molecular weight is 319 g/mol. The van der Waals surface area contributed by atoms with E-state index in [4.69, 9.17) is 24.7 Å². The van der Waals surface area contributed by atoms with E-state index in [2.05, 4.69) is 10.8 Å². The molecule has 0 saturated carbocycles. The summed E-state index contributed by atoms with van der Waals surface area (Å²) in [7, 11) is 0.0850. The third-order valence-electron chi connectivity index (χ3n) is 2.26. The molecule has 0 aromatic heterocycles. The van der Waals surface area contributed by atoms with E-state index < -0.39 is 0 Å². The minimum absolute atomic E-state index is 0.0850. The van der Waals surface area contributed by atoms with Gasteiger partial charge >= 0.3 is 0 Å². The van der Waals surface area contributed by atoms with Crippen LogP contribution in [0.3, 0.4) is 0 Å². The predicted octanol–water partition coefficient (Wildman–Crippen LogP) is -2.44. The van der Waals surface area contributed by atoms with Crippen molar-refractivity contribution in [3.8, 4) is 0 Å². The molecule has 22 heavy (non-hydrogen) atoms. The van der Waals surface area contributed by atoms with E-state index in [-0.39, 0.29) is 19.7 Å². The first kappa shape index (κ1) is 21.0. The minimum atomic E-state index is -0.229. The molecule has 10 heteroatoms. The molecule has 0 aliphatic heterocycles. The summed E-state index contributed by atoms with van der Waals surface area (Å²) in [6, 6.07) is 0. The van der Waals surface area contributed by atoms with Crippen LogP contribution in [0.2, 0.25) is 0 Å². The van der Waals surface area contributed by atoms with Crippen LogP contribution in [-0.2, 0) is 28.5 Å². The molecule has 0 aliphatic carbocycles. The predicted molar refractivity (Wildman–Crippen MR) is 82.1 cm³/mol. The smallest absolute Gasteiger partial charge is 0.299 e. The molecule has 0 aromatic carbocycles. The van der Waals surface area contributed by atoms with E-state index in [1.165, 1.54) is 0 Å². The van der Waals surface area contributed by atoms with Gasteiger partial charge in [0, 0.05) is 6.54 Å². The zero-order valence-corrected chi connectivity index (χ0v) is 12.9. The number of ether oxygens (including phenoxy) is 4. The first-order valence-corrected chi connectivity index (χ1v) is 7.27. The Morgan fingerprint density at radius 3 is 1.91 bits per heavy atom. The van der Waals surface area contributed by atoms with Crippen molar-refractivity contribution in [2.24, 2.45) is 5.73 Å². The lowest BCUT2D eigenvalue weighted by molar-refractivity contribution is -0.122. The third-order valence-corrected chi connectivity index (χ3v) is 2.26. The lowest BCUT2D eigenvalue weighted by Crippen LogP contribution is -2.40. The maximum Gasteiger partial charge on any atom is 0.299 e. The Morgan fingerprint density at radius 1 is 0.909 bits per heavy atom. The van der Waals surface area contributed by atoms with Gasteiger partial charge in [0.05, 0.1) is 65.5 Å². The summed E-state index contributed by atoms with van der Waals surface area (Å²) < 4.78 is 20.9. The molecule has 0 aromatic rings. The molecular formula is C12H26BN3O6. The Bertz CT molecular complexity index is 273. The zero-order valence-electron chi connectivity index (χ0n) is 12.9. The van der Waals surface area contributed by atoms with Crippen LogP contribution >= 0.6 is 0 Å². The molecular weight excluding hydrogens is 293 g/mol. The molecule has 0 radical (unpaired) electrons. The van der Waals surface area contributed by atoms with Gasteiger partial charge < -0.3 is 34.9 Å². The highest BCUT2D eigenvalue weighted by Crippen LogP contribution is 1.85. The van der Waals surface area contributed by atoms with Gasteiger partial charge in [-0.25, -0.2) is 0 Å². The second kappa shape index (κ2) is 18.0. The van der Waals surface area contributed by atoms with Gasteiger partial charge in [0.1, 0.15) is 0 Å². The molecule has 0 spiro atoms. The summed E-state index contributed by atoms with van der Waals surface area (Å²) in [6.07, 6.45) is 0.878. The van der Waals surface area contributed by atoms with Crippen molar-refractivity contribution in [1.29, 1.82) is 0 Å².